The number of halogens is 1. The Hall–Kier alpha value is -1.71. The molecule has 0 spiro atoms. The second kappa shape index (κ2) is 2.97. The topological polar surface area (TPSA) is 30.7 Å². The van der Waals surface area contributed by atoms with Crippen molar-refractivity contribution in [3.8, 4) is 5.69 Å². The predicted octanol–water partition coefficient (Wildman–Crippen LogP) is 1.71. The molecule has 0 saturated heterocycles. The number of benzene rings is 1. The molecule has 0 saturated carbocycles. The normalized spacial score (nSPS) is 10.3. The predicted molar refractivity (Wildman–Crippen MR) is 46.1 cm³/mol. The minimum absolute atomic E-state index is 0.249. The lowest BCUT2D eigenvalue weighted by Gasteiger charge is -2.01. The van der Waals surface area contributed by atoms with Crippen molar-refractivity contribution in [2.24, 2.45) is 0 Å². The van der Waals surface area contributed by atoms with E-state index in [1.54, 1.807) is 23.0 Å². The van der Waals surface area contributed by atoms with Gasteiger partial charge in [-0.3, -0.25) is 0 Å². The molecule has 0 unspecified atom stereocenters. The van der Waals surface area contributed by atoms with Crippen LogP contribution < -0.4 is 0 Å². The third-order valence-electron chi connectivity index (χ3n) is 1.79. The molecule has 4 heteroatoms. The summed E-state index contributed by atoms with van der Waals surface area (Å²) in [6, 6.07) is 6.13. The zero-order valence-electron chi connectivity index (χ0n) is 7.11. The molecule has 2 rings (SSSR count). The Kier molecular flexibility index (Phi) is 1.81. The van der Waals surface area contributed by atoms with Crippen LogP contribution in [-0.4, -0.2) is 15.0 Å². The fourth-order valence-corrected chi connectivity index (χ4v) is 1.12. The molecule has 0 aliphatic carbocycles. The third-order valence-corrected chi connectivity index (χ3v) is 1.79. The van der Waals surface area contributed by atoms with E-state index in [4.69, 9.17) is 0 Å². The van der Waals surface area contributed by atoms with Crippen LogP contribution in [0.2, 0.25) is 0 Å². The van der Waals surface area contributed by atoms with Crippen molar-refractivity contribution in [1.29, 1.82) is 0 Å². The first-order chi connectivity index (χ1) is 6.27. The van der Waals surface area contributed by atoms with Gasteiger partial charge >= 0.3 is 0 Å². The van der Waals surface area contributed by atoms with Gasteiger partial charge in [-0.15, -0.1) is 5.10 Å². The molecule has 0 atom stereocenters. The Bertz CT molecular complexity index is 405. The standard InChI is InChI=1S/C9H8FN3/c1-7-6-11-12-13(7)9-4-2-8(10)3-5-9/h2-6H,1H3. The van der Waals surface area contributed by atoms with Gasteiger partial charge < -0.3 is 0 Å². The first-order valence-electron chi connectivity index (χ1n) is 3.90. The average molecular weight is 177 g/mol. The fourth-order valence-electron chi connectivity index (χ4n) is 1.12. The van der Waals surface area contributed by atoms with Gasteiger partial charge in [0.05, 0.1) is 17.6 Å². The Morgan fingerprint density at radius 1 is 1.23 bits per heavy atom. The van der Waals surface area contributed by atoms with E-state index in [-0.39, 0.29) is 5.82 Å². The van der Waals surface area contributed by atoms with Crippen LogP contribution in [0.15, 0.2) is 30.5 Å². The highest BCUT2D eigenvalue weighted by Crippen LogP contribution is 2.08. The van der Waals surface area contributed by atoms with Crippen LogP contribution >= 0.6 is 0 Å². The van der Waals surface area contributed by atoms with E-state index >= 15 is 0 Å². The number of aryl methyl sites for hydroxylation is 1. The summed E-state index contributed by atoms with van der Waals surface area (Å²) in [7, 11) is 0. The van der Waals surface area contributed by atoms with E-state index in [2.05, 4.69) is 10.3 Å². The van der Waals surface area contributed by atoms with E-state index in [1.807, 2.05) is 6.92 Å². The second-order valence-electron chi connectivity index (χ2n) is 2.76. The van der Waals surface area contributed by atoms with Crippen molar-refractivity contribution >= 4 is 0 Å². The molecule has 1 aromatic heterocycles. The quantitative estimate of drug-likeness (QED) is 0.664. The Morgan fingerprint density at radius 2 is 1.92 bits per heavy atom. The summed E-state index contributed by atoms with van der Waals surface area (Å²) in [5, 5.41) is 7.60. The smallest absolute Gasteiger partial charge is 0.123 e. The van der Waals surface area contributed by atoms with Crippen LogP contribution in [0.5, 0.6) is 0 Å². The van der Waals surface area contributed by atoms with E-state index in [1.165, 1.54) is 12.1 Å². The van der Waals surface area contributed by atoms with Gasteiger partial charge in [0.2, 0.25) is 0 Å². The molecule has 13 heavy (non-hydrogen) atoms. The lowest BCUT2D eigenvalue weighted by Crippen LogP contribution is -1.98. The highest BCUT2D eigenvalue weighted by atomic mass is 19.1. The molecule has 2 aromatic rings. The van der Waals surface area contributed by atoms with Gasteiger partial charge in [0.25, 0.3) is 0 Å². The summed E-state index contributed by atoms with van der Waals surface area (Å²) in [4.78, 5) is 0. The summed E-state index contributed by atoms with van der Waals surface area (Å²) >= 11 is 0. The molecule has 3 nitrogen and oxygen atoms in total. The monoisotopic (exact) mass is 177 g/mol. The maximum atomic E-state index is 12.6. The summed E-state index contributed by atoms with van der Waals surface area (Å²) in [6.07, 6.45) is 1.66. The van der Waals surface area contributed by atoms with Gasteiger partial charge in [0.1, 0.15) is 5.82 Å². The highest BCUT2D eigenvalue weighted by Gasteiger charge is 2.00. The molecule has 0 aliphatic heterocycles. The Balaban J connectivity index is 2.47. The molecule has 0 N–H and O–H groups in total. The Labute approximate surface area is 74.8 Å². The van der Waals surface area contributed by atoms with E-state index < -0.39 is 0 Å². The SMILES string of the molecule is Cc1cnnn1-c1ccc(F)cc1. The fraction of sp³-hybridized carbons (Fsp3) is 0.111. The largest absolute Gasteiger partial charge is 0.218 e. The molecule has 1 heterocycles. The number of hydrogen-bond acceptors (Lipinski definition) is 2. The number of nitrogens with zero attached hydrogens (tertiary/aromatic N) is 3. The van der Waals surface area contributed by atoms with Crippen molar-refractivity contribution in [1.82, 2.24) is 15.0 Å². The molecule has 66 valence electrons. The van der Waals surface area contributed by atoms with Crippen molar-refractivity contribution < 1.29 is 4.39 Å². The summed E-state index contributed by atoms with van der Waals surface area (Å²) in [6.45, 7) is 1.89. The van der Waals surface area contributed by atoms with Gasteiger partial charge in [0, 0.05) is 0 Å². The minimum Gasteiger partial charge on any atom is -0.218 e. The summed E-state index contributed by atoms with van der Waals surface area (Å²) < 4.78 is 14.2. The first kappa shape index (κ1) is 7.91. The molecule has 0 aliphatic rings. The van der Waals surface area contributed by atoms with Crippen molar-refractivity contribution in [3.63, 3.8) is 0 Å². The number of aromatic nitrogens is 3. The van der Waals surface area contributed by atoms with Crippen LogP contribution in [0.3, 0.4) is 0 Å². The zero-order valence-corrected chi connectivity index (χ0v) is 7.11. The molecule has 0 radical (unpaired) electrons. The van der Waals surface area contributed by atoms with Gasteiger partial charge in [0.15, 0.2) is 0 Å². The van der Waals surface area contributed by atoms with E-state index in [0.29, 0.717) is 0 Å². The van der Waals surface area contributed by atoms with E-state index in [9.17, 15) is 4.39 Å². The molecule has 0 amide bonds. The maximum absolute atomic E-state index is 12.6. The maximum Gasteiger partial charge on any atom is 0.123 e. The van der Waals surface area contributed by atoms with Crippen LogP contribution in [0.4, 0.5) is 4.39 Å². The van der Waals surface area contributed by atoms with Crippen molar-refractivity contribution in [2.75, 3.05) is 0 Å². The average Bonchev–Trinajstić information content (AvgIpc) is 2.53. The minimum atomic E-state index is -0.249. The summed E-state index contributed by atoms with van der Waals surface area (Å²) in [5.41, 5.74) is 1.74. The van der Waals surface area contributed by atoms with Crippen LogP contribution in [0, 0.1) is 12.7 Å². The van der Waals surface area contributed by atoms with Gasteiger partial charge in [-0.05, 0) is 31.2 Å². The van der Waals surface area contributed by atoms with Crippen LogP contribution in [-0.2, 0) is 0 Å². The van der Waals surface area contributed by atoms with Gasteiger partial charge in [-0.2, -0.15) is 0 Å². The third kappa shape index (κ3) is 1.42. The molecule has 0 bridgehead atoms. The van der Waals surface area contributed by atoms with E-state index in [0.717, 1.165) is 11.4 Å². The molecule has 1 aromatic carbocycles. The molecular formula is C9H8FN3. The lowest BCUT2D eigenvalue weighted by molar-refractivity contribution is 0.626. The Morgan fingerprint density at radius 3 is 2.46 bits per heavy atom. The lowest BCUT2D eigenvalue weighted by atomic mass is 10.3. The number of rotatable bonds is 1. The van der Waals surface area contributed by atoms with Crippen LogP contribution in [0.1, 0.15) is 5.69 Å². The molecule has 0 fully saturated rings. The van der Waals surface area contributed by atoms with Crippen molar-refractivity contribution in [2.45, 2.75) is 6.92 Å². The second-order valence-corrected chi connectivity index (χ2v) is 2.76. The zero-order chi connectivity index (χ0) is 9.26. The first-order valence-corrected chi connectivity index (χ1v) is 3.90. The van der Waals surface area contributed by atoms with Crippen LogP contribution in [0.25, 0.3) is 5.69 Å². The highest BCUT2D eigenvalue weighted by molar-refractivity contribution is 5.31. The molecular weight excluding hydrogens is 169 g/mol. The van der Waals surface area contributed by atoms with Gasteiger partial charge in [-0.25, -0.2) is 9.07 Å². The van der Waals surface area contributed by atoms with Crippen molar-refractivity contribution in [3.05, 3.63) is 42.0 Å². The van der Waals surface area contributed by atoms with Gasteiger partial charge in [-0.1, -0.05) is 5.21 Å². The number of hydrogen-bond donors (Lipinski definition) is 0. The summed E-state index contributed by atoms with van der Waals surface area (Å²) in [5.74, 6) is -0.249.